The van der Waals surface area contributed by atoms with Gasteiger partial charge in [-0.3, -0.25) is 10.1 Å². The summed E-state index contributed by atoms with van der Waals surface area (Å²) in [5.74, 6) is 1.20. The molecule has 0 saturated heterocycles. The monoisotopic (exact) mass is 401 g/mol. The Kier molecular flexibility index (Phi) is 5.70. The zero-order chi connectivity index (χ0) is 20.9. The number of para-hydroxylation sites is 1. The maximum Gasteiger partial charge on any atom is 0.261 e. The SMILES string of the molecule is CCCCc1nc(NC(=O)c2ccccc2OC)n2nc(-c3ccccc3)cc2n1. The van der Waals surface area contributed by atoms with E-state index in [0.29, 0.717) is 28.7 Å². The van der Waals surface area contributed by atoms with Gasteiger partial charge in [0.1, 0.15) is 11.6 Å². The lowest BCUT2D eigenvalue weighted by Gasteiger charge is -2.10. The number of nitrogens with zero attached hydrogens (tertiary/aromatic N) is 4. The standard InChI is InChI=1S/C23H23N5O2/c1-3-4-14-20-24-21-15-18(16-10-6-5-7-11-16)27-28(21)23(25-20)26-22(29)17-12-8-9-13-19(17)30-2/h5-13,15H,3-4,14H2,1-2H3,(H,24,25,26,29). The average Bonchev–Trinajstić information content (AvgIpc) is 3.23. The molecule has 0 unspecified atom stereocenters. The number of unbranched alkanes of at least 4 members (excludes halogenated alkanes) is 1. The van der Waals surface area contributed by atoms with Crippen molar-refractivity contribution in [2.75, 3.05) is 12.4 Å². The Morgan fingerprint density at radius 2 is 1.83 bits per heavy atom. The minimum absolute atomic E-state index is 0.314. The second-order valence-corrected chi connectivity index (χ2v) is 6.89. The second kappa shape index (κ2) is 8.73. The van der Waals surface area contributed by atoms with Gasteiger partial charge in [0.05, 0.1) is 18.4 Å². The van der Waals surface area contributed by atoms with Crippen LogP contribution >= 0.6 is 0 Å². The van der Waals surface area contributed by atoms with Crippen LogP contribution < -0.4 is 10.1 Å². The lowest BCUT2D eigenvalue weighted by molar-refractivity contribution is 0.102. The fraction of sp³-hybridized carbons (Fsp3) is 0.217. The van der Waals surface area contributed by atoms with E-state index < -0.39 is 0 Å². The summed E-state index contributed by atoms with van der Waals surface area (Å²) in [4.78, 5) is 22.2. The summed E-state index contributed by atoms with van der Waals surface area (Å²) in [6.45, 7) is 2.12. The molecule has 2 aromatic carbocycles. The van der Waals surface area contributed by atoms with Gasteiger partial charge in [-0.05, 0) is 18.6 Å². The first-order valence-corrected chi connectivity index (χ1v) is 9.96. The van der Waals surface area contributed by atoms with Crippen molar-refractivity contribution in [1.82, 2.24) is 19.6 Å². The molecule has 0 aliphatic heterocycles. The smallest absolute Gasteiger partial charge is 0.261 e. The predicted octanol–water partition coefficient (Wildman–Crippen LogP) is 4.39. The van der Waals surface area contributed by atoms with Crippen LogP contribution in [-0.4, -0.2) is 32.6 Å². The van der Waals surface area contributed by atoms with Crippen molar-refractivity contribution in [3.8, 4) is 17.0 Å². The van der Waals surface area contributed by atoms with Gasteiger partial charge in [-0.25, -0.2) is 4.98 Å². The molecule has 0 radical (unpaired) electrons. The van der Waals surface area contributed by atoms with Gasteiger partial charge in [0.15, 0.2) is 5.65 Å². The second-order valence-electron chi connectivity index (χ2n) is 6.89. The first-order chi connectivity index (χ1) is 14.7. The van der Waals surface area contributed by atoms with Crippen LogP contribution in [-0.2, 0) is 6.42 Å². The van der Waals surface area contributed by atoms with Gasteiger partial charge in [0.25, 0.3) is 5.91 Å². The third-order valence-electron chi connectivity index (χ3n) is 4.77. The molecular formula is C23H23N5O2. The lowest BCUT2D eigenvalue weighted by atomic mass is 10.2. The molecule has 0 bridgehead atoms. The molecule has 30 heavy (non-hydrogen) atoms. The predicted molar refractivity (Wildman–Crippen MR) is 116 cm³/mol. The third kappa shape index (κ3) is 4.00. The zero-order valence-electron chi connectivity index (χ0n) is 17.0. The number of nitrogens with one attached hydrogen (secondary N) is 1. The topological polar surface area (TPSA) is 81.4 Å². The highest BCUT2D eigenvalue weighted by atomic mass is 16.5. The first-order valence-electron chi connectivity index (χ1n) is 9.96. The molecule has 152 valence electrons. The van der Waals surface area contributed by atoms with Gasteiger partial charge in [-0.15, -0.1) is 0 Å². The fourth-order valence-corrected chi connectivity index (χ4v) is 3.21. The number of aromatic nitrogens is 4. The number of carbonyl (C=O) groups is 1. The highest BCUT2D eigenvalue weighted by Gasteiger charge is 2.17. The number of hydrogen-bond donors (Lipinski definition) is 1. The maximum atomic E-state index is 12.9. The molecule has 1 amide bonds. The molecule has 4 rings (SSSR count). The Morgan fingerprint density at radius 3 is 2.60 bits per heavy atom. The van der Waals surface area contributed by atoms with E-state index in [2.05, 4.69) is 27.3 Å². The van der Waals surface area contributed by atoms with E-state index in [0.717, 1.165) is 30.5 Å². The summed E-state index contributed by atoms with van der Waals surface area (Å²) in [6.07, 6.45) is 2.73. The molecule has 4 aromatic rings. The summed E-state index contributed by atoms with van der Waals surface area (Å²) in [6, 6.07) is 18.8. The van der Waals surface area contributed by atoms with Crippen LogP contribution in [0.5, 0.6) is 5.75 Å². The van der Waals surface area contributed by atoms with E-state index in [-0.39, 0.29) is 5.91 Å². The summed E-state index contributed by atoms with van der Waals surface area (Å²) in [5.41, 5.74) is 2.81. The van der Waals surface area contributed by atoms with Crippen molar-refractivity contribution >= 4 is 17.5 Å². The van der Waals surface area contributed by atoms with Crippen LogP contribution in [0.4, 0.5) is 5.95 Å². The number of fused-ring (bicyclic) bond motifs is 1. The number of amides is 1. The average molecular weight is 401 g/mol. The van der Waals surface area contributed by atoms with Gasteiger partial charge in [-0.2, -0.15) is 14.6 Å². The number of anilines is 1. The fourth-order valence-electron chi connectivity index (χ4n) is 3.21. The number of benzene rings is 2. The number of aryl methyl sites for hydroxylation is 1. The quantitative estimate of drug-likeness (QED) is 0.497. The van der Waals surface area contributed by atoms with E-state index >= 15 is 0 Å². The molecule has 0 spiro atoms. The molecule has 0 fully saturated rings. The van der Waals surface area contributed by atoms with Gasteiger partial charge in [0, 0.05) is 18.1 Å². The highest BCUT2D eigenvalue weighted by molar-refractivity contribution is 6.05. The Balaban J connectivity index is 1.76. The molecule has 0 aliphatic rings. The third-order valence-corrected chi connectivity index (χ3v) is 4.77. The van der Waals surface area contributed by atoms with Gasteiger partial charge in [-0.1, -0.05) is 55.8 Å². The van der Waals surface area contributed by atoms with E-state index in [9.17, 15) is 4.79 Å². The molecule has 0 saturated carbocycles. The van der Waals surface area contributed by atoms with Gasteiger partial charge < -0.3 is 4.74 Å². The van der Waals surface area contributed by atoms with Gasteiger partial charge in [0.2, 0.25) is 5.95 Å². The van der Waals surface area contributed by atoms with Crippen molar-refractivity contribution in [3.63, 3.8) is 0 Å². The summed E-state index contributed by atoms with van der Waals surface area (Å²) >= 11 is 0. The lowest BCUT2D eigenvalue weighted by Crippen LogP contribution is -2.18. The normalized spacial score (nSPS) is 10.9. The molecule has 0 atom stereocenters. The van der Waals surface area contributed by atoms with Crippen LogP contribution in [0.3, 0.4) is 0 Å². The summed E-state index contributed by atoms with van der Waals surface area (Å²) < 4.78 is 6.89. The van der Waals surface area contributed by atoms with Crippen LogP contribution in [0.25, 0.3) is 16.9 Å². The Morgan fingerprint density at radius 1 is 1.07 bits per heavy atom. The van der Waals surface area contributed by atoms with Crippen molar-refractivity contribution in [3.05, 3.63) is 72.1 Å². The number of carbonyl (C=O) groups excluding carboxylic acids is 1. The molecular weight excluding hydrogens is 378 g/mol. The molecule has 0 aliphatic carbocycles. The van der Waals surface area contributed by atoms with Crippen LogP contribution in [0.2, 0.25) is 0 Å². The van der Waals surface area contributed by atoms with Crippen molar-refractivity contribution in [1.29, 1.82) is 0 Å². The number of hydrogen-bond acceptors (Lipinski definition) is 5. The Labute approximate surface area is 174 Å². The van der Waals surface area contributed by atoms with Crippen LogP contribution in [0.1, 0.15) is 35.9 Å². The van der Waals surface area contributed by atoms with Gasteiger partial charge >= 0.3 is 0 Å². The highest BCUT2D eigenvalue weighted by Crippen LogP contribution is 2.22. The van der Waals surface area contributed by atoms with Crippen molar-refractivity contribution in [2.45, 2.75) is 26.2 Å². The van der Waals surface area contributed by atoms with Crippen molar-refractivity contribution in [2.24, 2.45) is 0 Å². The molecule has 1 N–H and O–H groups in total. The molecule has 2 heterocycles. The molecule has 7 nitrogen and oxygen atoms in total. The Bertz CT molecular complexity index is 1170. The largest absolute Gasteiger partial charge is 0.496 e. The summed E-state index contributed by atoms with van der Waals surface area (Å²) in [5, 5.41) is 7.53. The minimum atomic E-state index is -0.314. The first kappa shape index (κ1) is 19.6. The Hall–Kier alpha value is -3.74. The molecule has 2 aromatic heterocycles. The maximum absolute atomic E-state index is 12.9. The number of methoxy groups -OCH3 is 1. The number of ether oxygens (including phenoxy) is 1. The van der Waals surface area contributed by atoms with E-state index in [4.69, 9.17) is 4.74 Å². The number of rotatable bonds is 7. The molecule has 7 heteroatoms. The summed E-state index contributed by atoms with van der Waals surface area (Å²) in [7, 11) is 1.54. The van der Waals surface area contributed by atoms with E-state index in [1.807, 2.05) is 42.5 Å². The van der Waals surface area contributed by atoms with E-state index in [1.54, 1.807) is 22.7 Å². The zero-order valence-corrected chi connectivity index (χ0v) is 17.0. The minimum Gasteiger partial charge on any atom is -0.496 e. The van der Waals surface area contributed by atoms with E-state index in [1.165, 1.54) is 7.11 Å². The van der Waals surface area contributed by atoms with Crippen LogP contribution in [0, 0.1) is 0 Å². The van der Waals surface area contributed by atoms with Crippen molar-refractivity contribution < 1.29 is 9.53 Å². The van der Waals surface area contributed by atoms with Crippen LogP contribution in [0.15, 0.2) is 60.7 Å².